The van der Waals surface area contributed by atoms with Crippen LogP contribution in [0.2, 0.25) is 0 Å². The molecule has 1 aliphatic heterocycles. The van der Waals surface area contributed by atoms with Crippen molar-refractivity contribution in [2.24, 2.45) is 0 Å². The largest absolute Gasteiger partial charge is 0.497 e. The van der Waals surface area contributed by atoms with Crippen LogP contribution >= 0.6 is 0 Å². The molecule has 1 atom stereocenters. The van der Waals surface area contributed by atoms with Gasteiger partial charge in [0.2, 0.25) is 28.6 Å². The second-order valence-corrected chi connectivity index (χ2v) is 10.3. The van der Waals surface area contributed by atoms with Gasteiger partial charge in [-0.25, -0.2) is 8.42 Å². The van der Waals surface area contributed by atoms with Crippen LogP contribution in [-0.4, -0.2) is 64.4 Å². The molecule has 3 rings (SSSR count). The first-order valence-electron chi connectivity index (χ1n) is 11.7. The fourth-order valence-electron chi connectivity index (χ4n) is 3.91. The number of sulfonamides is 1. The van der Waals surface area contributed by atoms with E-state index in [1.165, 1.54) is 11.0 Å². The molecule has 2 aromatic rings. The zero-order chi connectivity index (χ0) is 26.3. The Morgan fingerprint density at radius 1 is 1.11 bits per heavy atom. The minimum absolute atomic E-state index is 0.0377. The molecular weight excluding hydrogens is 486 g/mol. The smallest absolute Gasteiger partial charge is 0.244 e. The maximum Gasteiger partial charge on any atom is 0.244 e. The Kier molecular flexibility index (Phi) is 9.03. The Balaban J connectivity index is 1.94. The average Bonchev–Trinajstić information content (AvgIpc) is 3.33. The van der Waals surface area contributed by atoms with Gasteiger partial charge in [-0.2, -0.15) is 0 Å². The molecule has 0 saturated heterocycles. The number of hydrogen-bond donors (Lipinski definition) is 1. The summed E-state index contributed by atoms with van der Waals surface area (Å²) in [5, 5.41) is 2.85. The molecule has 196 valence electrons. The van der Waals surface area contributed by atoms with Gasteiger partial charge in [-0.3, -0.25) is 13.9 Å². The van der Waals surface area contributed by atoms with Gasteiger partial charge in [0.15, 0.2) is 11.5 Å². The monoisotopic (exact) mass is 519 g/mol. The summed E-state index contributed by atoms with van der Waals surface area (Å²) in [5.74, 6) is 0.703. The minimum atomic E-state index is -3.85. The van der Waals surface area contributed by atoms with E-state index in [9.17, 15) is 18.0 Å². The second-order valence-electron chi connectivity index (χ2n) is 8.40. The molecule has 0 radical (unpaired) electrons. The van der Waals surface area contributed by atoms with E-state index in [0.29, 0.717) is 30.2 Å². The van der Waals surface area contributed by atoms with E-state index in [2.05, 4.69) is 5.32 Å². The predicted octanol–water partition coefficient (Wildman–Crippen LogP) is 2.52. The Labute approximate surface area is 212 Å². The zero-order valence-electron chi connectivity index (χ0n) is 21.0. The summed E-state index contributed by atoms with van der Waals surface area (Å²) >= 11 is 0. The Hall–Kier alpha value is -3.47. The number of ether oxygens (including phenoxy) is 3. The standard InChI is InChI=1S/C25H33N3O7S/c1-5-12-26-25(30)21(6-2)27(15-18-8-7-9-20(13-18)33-3)24(29)16-28(36(4,31)32)19-10-11-22-23(14-19)35-17-34-22/h7-11,13-14,21H,5-6,12,15-17H2,1-4H3,(H,26,30). The van der Waals surface area contributed by atoms with Crippen molar-refractivity contribution in [1.82, 2.24) is 10.2 Å². The molecule has 2 amide bonds. The van der Waals surface area contributed by atoms with Crippen molar-refractivity contribution >= 4 is 27.5 Å². The van der Waals surface area contributed by atoms with Gasteiger partial charge in [0.25, 0.3) is 0 Å². The Bertz CT molecular complexity index is 1190. The van der Waals surface area contributed by atoms with Crippen LogP contribution in [0, 0.1) is 0 Å². The van der Waals surface area contributed by atoms with Gasteiger partial charge in [0.05, 0.1) is 19.1 Å². The van der Waals surface area contributed by atoms with Crippen LogP contribution in [0.1, 0.15) is 32.3 Å². The quantitative estimate of drug-likeness (QED) is 0.458. The molecule has 0 bridgehead atoms. The van der Waals surface area contributed by atoms with Crippen molar-refractivity contribution in [2.45, 2.75) is 39.3 Å². The lowest BCUT2D eigenvalue weighted by atomic mass is 10.1. The lowest BCUT2D eigenvalue weighted by Gasteiger charge is -2.33. The van der Waals surface area contributed by atoms with Crippen LogP contribution in [0.3, 0.4) is 0 Å². The summed E-state index contributed by atoms with van der Waals surface area (Å²) < 4.78 is 42.5. The topological polar surface area (TPSA) is 114 Å². The van der Waals surface area contributed by atoms with E-state index in [0.717, 1.165) is 22.5 Å². The normalized spacial score (nSPS) is 13.1. The molecule has 10 nitrogen and oxygen atoms in total. The SMILES string of the molecule is CCCNC(=O)C(CC)N(Cc1cccc(OC)c1)C(=O)CN(c1ccc2c(c1)OCO2)S(C)(=O)=O. The third-order valence-corrected chi connectivity index (χ3v) is 6.89. The van der Waals surface area contributed by atoms with Gasteiger partial charge in [0.1, 0.15) is 18.3 Å². The number of amides is 2. The fraction of sp³-hybridized carbons (Fsp3) is 0.440. The number of rotatable bonds is 12. The number of anilines is 1. The van der Waals surface area contributed by atoms with Gasteiger partial charge >= 0.3 is 0 Å². The maximum absolute atomic E-state index is 13.7. The summed E-state index contributed by atoms with van der Waals surface area (Å²) in [6.07, 6.45) is 2.13. The first-order valence-corrected chi connectivity index (χ1v) is 13.6. The first-order chi connectivity index (χ1) is 17.2. The number of methoxy groups -OCH3 is 1. The van der Waals surface area contributed by atoms with Crippen LogP contribution in [0.25, 0.3) is 0 Å². The molecule has 1 heterocycles. The summed E-state index contributed by atoms with van der Waals surface area (Å²) in [5.41, 5.74) is 1.01. The summed E-state index contributed by atoms with van der Waals surface area (Å²) in [6, 6.07) is 11.1. The number of nitrogens with one attached hydrogen (secondary N) is 1. The van der Waals surface area contributed by atoms with Gasteiger partial charge < -0.3 is 24.4 Å². The van der Waals surface area contributed by atoms with E-state index in [1.807, 2.05) is 19.9 Å². The highest BCUT2D eigenvalue weighted by molar-refractivity contribution is 7.92. The highest BCUT2D eigenvalue weighted by atomic mass is 32.2. The van der Waals surface area contributed by atoms with Crippen molar-refractivity contribution in [3.63, 3.8) is 0 Å². The second kappa shape index (κ2) is 12.0. The highest BCUT2D eigenvalue weighted by Crippen LogP contribution is 2.36. The van der Waals surface area contributed by atoms with Crippen LogP contribution < -0.4 is 23.8 Å². The van der Waals surface area contributed by atoms with Crippen LogP contribution in [0.5, 0.6) is 17.2 Å². The molecule has 0 saturated carbocycles. The first kappa shape index (κ1) is 27.1. The van der Waals surface area contributed by atoms with Crippen molar-refractivity contribution < 1.29 is 32.2 Å². The molecule has 36 heavy (non-hydrogen) atoms. The molecule has 2 aromatic carbocycles. The molecule has 11 heteroatoms. The van der Waals surface area contributed by atoms with Crippen LogP contribution in [-0.2, 0) is 26.2 Å². The molecule has 0 aromatic heterocycles. The minimum Gasteiger partial charge on any atom is -0.497 e. The molecule has 0 aliphatic carbocycles. The number of nitrogens with zero attached hydrogens (tertiary/aromatic N) is 2. The Morgan fingerprint density at radius 2 is 1.86 bits per heavy atom. The van der Waals surface area contributed by atoms with E-state index < -0.39 is 28.5 Å². The number of carbonyl (C=O) groups excluding carboxylic acids is 2. The number of fused-ring (bicyclic) bond motifs is 1. The van der Waals surface area contributed by atoms with Gasteiger partial charge in [-0.15, -0.1) is 0 Å². The van der Waals surface area contributed by atoms with Crippen molar-refractivity contribution in [3.8, 4) is 17.2 Å². The van der Waals surface area contributed by atoms with Crippen LogP contribution in [0.15, 0.2) is 42.5 Å². The summed E-state index contributed by atoms with van der Waals surface area (Å²) in [4.78, 5) is 28.1. The predicted molar refractivity (Wildman–Crippen MR) is 136 cm³/mol. The molecule has 1 N–H and O–H groups in total. The van der Waals surface area contributed by atoms with Gasteiger partial charge in [-0.1, -0.05) is 26.0 Å². The third-order valence-electron chi connectivity index (χ3n) is 5.75. The van der Waals surface area contributed by atoms with E-state index in [-0.39, 0.29) is 24.9 Å². The van der Waals surface area contributed by atoms with Gasteiger partial charge in [0, 0.05) is 19.2 Å². The van der Waals surface area contributed by atoms with E-state index >= 15 is 0 Å². The van der Waals surface area contributed by atoms with Gasteiger partial charge in [-0.05, 0) is 42.7 Å². The van der Waals surface area contributed by atoms with E-state index in [4.69, 9.17) is 14.2 Å². The lowest BCUT2D eigenvalue weighted by Crippen LogP contribution is -2.52. The third kappa shape index (κ3) is 6.60. The average molecular weight is 520 g/mol. The number of hydrogen-bond acceptors (Lipinski definition) is 7. The van der Waals surface area contributed by atoms with Crippen molar-refractivity contribution in [2.75, 3.05) is 37.6 Å². The lowest BCUT2D eigenvalue weighted by molar-refractivity contribution is -0.140. The number of carbonyl (C=O) groups is 2. The highest BCUT2D eigenvalue weighted by Gasteiger charge is 2.32. The van der Waals surface area contributed by atoms with Crippen molar-refractivity contribution in [1.29, 1.82) is 0 Å². The molecule has 1 aliphatic rings. The summed E-state index contributed by atoms with van der Waals surface area (Å²) in [7, 11) is -2.30. The molecule has 0 spiro atoms. The fourth-order valence-corrected chi connectivity index (χ4v) is 4.75. The zero-order valence-corrected chi connectivity index (χ0v) is 21.8. The Morgan fingerprint density at radius 3 is 2.53 bits per heavy atom. The summed E-state index contributed by atoms with van der Waals surface area (Å²) in [6.45, 7) is 3.88. The molecule has 0 fully saturated rings. The van der Waals surface area contributed by atoms with E-state index in [1.54, 1.807) is 37.4 Å². The van der Waals surface area contributed by atoms with Crippen LogP contribution in [0.4, 0.5) is 5.69 Å². The maximum atomic E-state index is 13.7. The van der Waals surface area contributed by atoms with Crippen molar-refractivity contribution in [3.05, 3.63) is 48.0 Å². The molecule has 1 unspecified atom stereocenters. The molecular formula is C25H33N3O7S. The number of benzene rings is 2.